The normalized spacial score (nSPS) is 11.3. The molecule has 2 amide bonds. The molecule has 0 aliphatic rings. The summed E-state index contributed by atoms with van der Waals surface area (Å²) in [5.41, 5.74) is 1.50. The fraction of sp³-hybridized carbons (Fsp3) is 0.200. The minimum absolute atomic E-state index is 0.0104. The molecule has 0 spiro atoms. The van der Waals surface area contributed by atoms with Crippen molar-refractivity contribution >= 4 is 28.3 Å². The van der Waals surface area contributed by atoms with Gasteiger partial charge in [0.2, 0.25) is 5.88 Å². The summed E-state index contributed by atoms with van der Waals surface area (Å²) in [5, 5.41) is 15.1. The van der Waals surface area contributed by atoms with E-state index in [1.54, 1.807) is 24.3 Å². The highest BCUT2D eigenvalue weighted by molar-refractivity contribution is 5.89. The number of rotatable bonds is 8. The van der Waals surface area contributed by atoms with Crippen molar-refractivity contribution in [3.8, 4) is 11.6 Å². The van der Waals surface area contributed by atoms with E-state index >= 15 is 0 Å². The number of carbonyl (C=O) groups is 1. The van der Waals surface area contributed by atoms with E-state index in [-0.39, 0.29) is 13.2 Å². The summed E-state index contributed by atoms with van der Waals surface area (Å²) in [7, 11) is 1.87. The Kier molecular flexibility index (Phi) is 7.68. The third kappa shape index (κ3) is 6.61. The Balaban J connectivity index is 1.35. The van der Waals surface area contributed by atoms with Crippen LogP contribution in [0.25, 0.3) is 10.9 Å². The van der Waals surface area contributed by atoms with E-state index in [1.165, 1.54) is 12.4 Å². The number of pyridine rings is 1. The first-order valence-electron chi connectivity index (χ1n) is 11.1. The summed E-state index contributed by atoms with van der Waals surface area (Å²) in [5.74, 6) is 0.855. The van der Waals surface area contributed by atoms with E-state index in [2.05, 4.69) is 25.6 Å². The topological polar surface area (TPSA) is 112 Å². The van der Waals surface area contributed by atoms with Gasteiger partial charge >= 0.3 is 12.2 Å². The molecule has 192 valence electrons. The maximum atomic E-state index is 12.6. The first-order valence-corrected chi connectivity index (χ1v) is 11.1. The van der Waals surface area contributed by atoms with Crippen LogP contribution in [0.1, 0.15) is 11.3 Å². The Morgan fingerprint density at radius 1 is 1.05 bits per heavy atom. The predicted octanol–water partition coefficient (Wildman–Crippen LogP) is 4.59. The lowest BCUT2D eigenvalue weighted by molar-refractivity contribution is -0.141. The van der Waals surface area contributed by atoms with Crippen molar-refractivity contribution in [1.82, 2.24) is 20.3 Å². The first-order chi connectivity index (χ1) is 17.7. The number of alkyl halides is 3. The smallest absolute Gasteiger partial charge is 0.433 e. The Morgan fingerprint density at radius 3 is 2.51 bits per heavy atom. The van der Waals surface area contributed by atoms with Crippen molar-refractivity contribution in [2.45, 2.75) is 12.7 Å². The van der Waals surface area contributed by atoms with Crippen molar-refractivity contribution in [2.24, 2.45) is 0 Å². The van der Waals surface area contributed by atoms with Crippen LogP contribution in [0.4, 0.5) is 29.3 Å². The van der Waals surface area contributed by atoms with E-state index in [9.17, 15) is 18.0 Å². The molecule has 0 aliphatic heterocycles. The summed E-state index contributed by atoms with van der Waals surface area (Å²) in [6.45, 7) is 0.539. The van der Waals surface area contributed by atoms with Gasteiger partial charge in [-0.2, -0.15) is 13.2 Å². The molecule has 0 fully saturated rings. The van der Waals surface area contributed by atoms with Crippen LogP contribution in [-0.4, -0.2) is 46.3 Å². The highest BCUT2D eigenvalue weighted by Gasteiger charge is 2.32. The van der Waals surface area contributed by atoms with Crippen molar-refractivity contribution in [3.63, 3.8) is 0 Å². The molecule has 4 aromatic rings. The maximum absolute atomic E-state index is 12.6. The molecule has 0 radical (unpaired) electrons. The SMILES string of the molecule is CN(CCO)c1ccc2c(Oc3ccc(NC(=O)NCc4ccc(C(F)(F)F)nc4)cc3)ncnc2c1. The summed E-state index contributed by atoms with van der Waals surface area (Å²) in [6, 6.07) is 13.8. The van der Waals surface area contributed by atoms with E-state index in [0.717, 1.165) is 18.0 Å². The molecular formula is C25H23F3N6O3. The highest BCUT2D eigenvalue weighted by Crippen LogP contribution is 2.30. The highest BCUT2D eigenvalue weighted by atomic mass is 19.4. The van der Waals surface area contributed by atoms with Crippen molar-refractivity contribution in [1.29, 1.82) is 0 Å². The van der Waals surface area contributed by atoms with Gasteiger partial charge in [0.15, 0.2) is 0 Å². The number of amides is 2. The number of nitrogens with zero attached hydrogens (tertiary/aromatic N) is 4. The fourth-order valence-electron chi connectivity index (χ4n) is 3.39. The Hall–Kier alpha value is -4.45. The Bertz CT molecular complexity index is 1370. The minimum Gasteiger partial charge on any atom is -0.438 e. The van der Waals surface area contributed by atoms with E-state index in [4.69, 9.17) is 9.84 Å². The van der Waals surface area contributed by atoms with Crippen LogP contribution >= 0.6 is 0 Å². The number of anilines is 2. The standard InChI is InChI=1S/C25H23F3N6O3/c1-34(10-11-35)18-5-8-20-21(12-18)31-15-32-23(20)37-19-6-3-17(4-7-19)33-24(36)30-14-16-2-9-22(29-13-16)25(26,27)28/h2-9,12-13,15,35H,10-11,14H2,1H3,(H2,30,33,36). The van der Waals surface area contributed by atoms with Gasteiger partial charge in [-0.3, -0.25) is 4.98 Å². The molecule has 4 rings (SSSR count). The number of nitrogens with one attached hydrogen (secondary N) is 2. The van der Waals surface area contributed by atoms with Gasteiger partial charge in [-0.15, -0.1) is 0 Å². The lowest BCUT2D eigenvalue weighted by Crippen LogP contribution is -2.28. The number of fused-ring (bicyclic) bond motifs is 1. The van der Waals surface area contributed by atoms with Crippen molar-refractivity contribution < 1.29 is 27.8 Å². The second-order valence-electron chi connectivity index (χ2n) is 8.01. The molecule has 0 atom stereocenters. The number of likely N-dealkylation sites (N-methyl/N-ethyl adjacent to an activating group) is 1. The quantitative estimate of drug-likeness (QED) is 0.317. The molecule has 37 heavy (non-hydrogen) atoms. The average Bonchev–Trinajstić information content (AvgIpc) is 2.88. The number of urea groups is 1. The molecule has 3 N–H and O–H groups in total. The number of aromatic nitrogens is 3. The van der Waals surface area contributed by atoms with E-state index in [1.807, 2.05) is 30.1 Å². The summed E-state index contributed by atoms with van der Waals surface area (Å²) in [6.07, 6.45) is -2.04. The van der Waals surface area contributed by atoms with Gasteiger partial charge in [-0.1, -0.05) is 6.07 Å². The van der Waals surface area contributed by atoms with Crippen LogP contribution in [0.5, 0.6) is 11.6 Å². The zero-order chi connectivity index (χ0) is 26.4. The lowest BCUT2D eigenvalue weighted by atomic mass is 10.2. The van der Waals surface area contributed by atoms with Gasteiger partial charge in [0.05, 0.1) is 17.5 Å². The number of halogens is 3. The van der Waals surface area contributed by atoms with Crippen LogP contribution in [-0.2, 0) is 12.7 Å². The van der Waals surface area contributed by atoms with Gasteiger partial charge in [-0.05, 0) is 54.1 Å². The third-order valence-corrected chi connectivity index (χ3v) is 5.35. The molecule has 2 aromatic carbocycles. The van der Waals surface area contributed by atoms with Gasteiger partial charge < -0.3 is 25.4 Å². The molecule has 0 saturated carbocycles. The molecule has 0 unspecified atom stereocenters. The molecular weight excluding hydrogens is 489 g/mol. The zero-order valence-corrected chi connectivity index (χ0v) is 19.7. The van der Waals surface area contributed by atoms with Gasteiger partial charge in [0, 0.05) is 37.7 Å². The Labute approximate surface area is 210 Å². The predicted molar refractivity (Wildman–Crippen MR) is 132 cm³/mol. The van der Waals surface area contributed by atoms with Gasteiger partial charge in [0.25, 0.3) is 0 Å². The summed E-state index contributed by atoms with van der Waals surface area (Å²) in [4.78, 5) is 26.0. The van der Waals surface area contributed by atoms with E-state index < -0.39 is 17.9 Å². The second kappa shape index (κ2) is 11.1. The minimum atomic E-state index is -4.51. The van der Waals surface area contributed by atoms with E-state index in [0.29, 0.717) is 40.3 Å². The van der Waals surface area contributed by atoms with Crippen LogP contribution in [0, 0.1) is 0 Å². The van der Waals surface area contributed by atoms with Crippen LogP contribution in [0.2, 0.25) is 0 Å². The molecule has 12 heteroatoms. The lowest BCUT2D eigenvalue weighted by Gasteiger charge is -2.18. The number of aliphatic hydroxyl groups excluding tert-OH is 1. The zero-order valence-electron chi connectivity index (χ0n) is 19.7. The monoisotopic (exact) mass is 512 g/mol. The number of carbonyl (C=O) groups excluding carboxylic acids is 1. The molecule has 0 saturated heterocycles. The fourth-order valence-corrected chi connectivity index (χ4v) is 3.39. The molecule has 0 bridgehead atoms. The first kappa shape index (κ1) is 25.6. The largest absolute Gasteiger partial charge is 0.438 e. The maximum Gasteiger partial charge on any atom is 0.433 e. The van der Waals surface area contributed by atoms with Crippen molar-refractivity contribution in [2.75, 3.05) is 30.4 Å². The number of hydrogen-bond donors (Lipinski definition) is 3. The number of ether oxygens (including phenoxy) is 1. The summed E-state index contributed by atoms with van der Waals surface area (Å²) >= 11 is 0. The van der Waals surface area contributed by atoms with Gasteiger partial charge in [0.1, 0.15) is 17.8 Å². The second-order valence-corrected chi connectivity index (χ2v) is 8.01. The molecule has 0 aliphatic carbocycles. The number of hydrogen-bond acceptors (Lipinski definition) is 7. The van der Waals surface area contributed by atoms with Crippen LogP contribution in [0.3, 0.4) is 0 Å². The van der Waals surface area contributed by atoms with Gasteiger partial charge in [-0.25, -0.2) is 14.8 Å². The van der Waals surface area contributed by atoms with Crippen molar-refractivity contribution in [3.05, 3.63) is 78.4 Å². The van der Waals surface area contributed by atoms with Crippen LogP contribution < -0.4 is 20.3 Å². The Morgan fingerprint density at radius 2 is 1.84 bits per heavy atom. The number of aliphatic hydroxyl groups is 1. The number of benzene rings is 2. The average molecular weight is 512 g/mol. The molecule has 9 nitrogen and oxygen atoms in total. The van der Waals surface area contributed by atoms with Crippen LogP contribution in [0.15, 0.2) is 67.1 Å². The summed E-state index contributed by atoms with van der Waals surface area (Å²) < 4.78 is 43.7. The molecule has 2 aromatic heterocycles. The molecule has 2 heterocycles. The third-order valence-electron chi connectivity index (χ3n) is 5.35.